The second-order valence-corrected chi connectivity index (χ2v) is 3.87. The van der Waals surface area contributed by atoms with Gasteiger partial charge in [0.05, 0.1) is 0 Å². The van der Waals surface area contributed by atoms with E-state index in [-0.39, 0.29) is 0 Å². The van der Waals surface area contributed by atoms with Gasteiger partial charge in [-0.05, 0) is 0 Å². The van der Waals surface area contributed by atoms with E-state index < -0.39 is 32.3 Å². The fourth-order valence-electron chi connectivity index (χ4n) is 0.402. The summed E-state index contributed by atoms with van der Waals surface area (Å²) in [5.41, 5.74) is -1.75. The molecule has 0 radical (unpaired) electrons. The number of phosphoric ester groups is 1. The first-order chi connectivity index (χ1) is 7.10. The molecule has 0 aromatic carbocycles. The maximum absolute atomic E-state index is 11.9. The van der Waals surface area contributed by atoms with Gasteiger partial charge < -0.3 is 9.63 Å². The molecule has 0 bridgehead atoms. The summed E-state index contributed by atoms with van der Waals surface area (Å²) >= 11 is 0. The summed E-state index contributed by atoms with van der Waals surface area (Å²) in [5, 5.41) is 0. The lowest BCUT2D eigenvalue weighted by atomic mass is 10.3. The minimum Gasteiger partial charge on any atom is -0.434 e. The SMILES string of the molecule is C=C(C(=O)OCOP(=O)(O)OC)C(F)(F)F. The smallest absolute Gasteiger partial charge is 0.434 e. The number of carbonyl (C=O) groups excluding carboxylic acids is 1. The van der Waals surface area contributed by atoms with Gasteiger partial charge in [-0.15, -0.1) is 0 Å². The van der Waals surface area contributed by atoms with E-state index in [0.29, 0.717) is 0 Å². The highest BCUT2D eigenvalue weighted by Crippen LogP contribution is 2.41. The predicted octanol–water partition coefficient (Wildman–Crippen LogP) is 1.37. The van der Waals surface area contributed by atoms with E-state index in [1.54, 1.807) is 0 Å². The normalized spacial score (nSPS) is 15.3. The lowest BCUT2D eigenvalue weighted by molar-refractivity contribution is -0.156. The Kier molecular flexibility index (Phi) is 5.14. The van der Waals surface area contributed by atoms with Crippen molar-refractivity contribution in [2.75, 3.05) is 13.9 Å². The van der Waals surface area contributed by atoms with Crippen LogP contribution >= 0.6 is 7.82 Å². The van der Waals surface area contributed by atoms with Crippen molar-refractivity contribution >= 4 is 13.8 Å². The van der Waals surface area contributed by atoms with E-state index in [2.05, 4.69) is 20.4 Å². The van der Waals surface area contributed by atoms with Gasteiger partial charge in [-0.2, -0.15) is 13.2 Å². The Balaban J connectivity index is 4.11. The molecular weight excluding hydrogens is 256 g/mol. The van der Waals surface area contributed by atoms with E-state index in [9.17, 15) is 22.5 Å². The van der Waals surface area contributed by atoms with Crippen LogP contribution in [0.3, 0.4) is 0 Å². The van der Waals surface area contributed by atoms with Crippen molar-refractivity contribution in [3.05, 3.63) is 12.2 Å². The van der Waals surface area contributed by atoms with Crippen LogP contribution in [0.4, 0.5) is 13.2 Å². The third-order valence-electron chi connectivity index (χ3n) is 1.23. The van der Waals surface area contributed by atoms with E-state index in [1.807, 2.05) is 0 Å². The van der Waals surface area contributed by atoms with Gasteiger partial charge in [0.25, 0.3) is 0 Å². The van der Waals surface area contributed by atoms with Gasteiger partial charge >= 0.3 is 20.0 Å². The first-order valence-electron chi connectivity index (χ1n) is 3.56. The number of ether oxygens (including phenoxy) is 1. The van der Waals surface area contributed by atoms with Crippen LogP contribution in [0, 0.1) is 0 Å². The maximum atomic E-state index is 11.9. The van der Waals surface area contributed by atoms with E-state index in [0.717, 1.165) is 7.11 Å². The number of halogens is 3. The number of esters is 1. The highest BCUT2D eigenvalue weighted by molar-refractivity contribution is 7.47. The first kappa shape index (κ1) is 15.1. The minimum absolute atomic E-state index is 0.831. The highest BCUT2D eigenvalue weighted by atomic mass is 31.2. The monoisotopic (exact) mass is 264 g/mol. The molecule has 0 aromatic heterocycles. The molecule has 0 fully saturated rings. The summed E-state index contributed by atoms with van der Waals surface area (Å²) in [5.74, 6) is -1.80. The van der Waals surface area contributed by atoms with Gasteiger partial charge in [0, 0.05) is 7.11 Å². The van der Waals surface area contributed by atoms with Crippen molar-refractivity contribution in [2.45, 2.75) is 6.18 Å². The number of hydrogen-bond donors (Lipinski definition) is 1. The van der Waals surface area contributed by atoms with Crippen molar-refractivity contribution in [1.29, 1.82) is 0 Å². The summed E-state index contributed by atoms with van der Waals surface area (Å²) in [4.78, 5) is 19.2. The third-order valence-corrected chi connectivity index (χ3v) is 2.12. The Bertz CT molecular complexity index is 325. The van der Waals surface area contributed by atoms with Crippen molar-refractivity contribution in [1.82, 2.24) is 0 Å². The number of rotatable bonds is 5. The molecule has 16 heavy (non-hydrogen) atoms. The van der Waals surface area contributed by atoms with Crippen molar-refractivity contribution in [3.63, 3.8) is 0 Å². The zero-order valence-electron chi connectivity index (χ0n) is 7.98. The van der Waals surface area contributed by atoms with Crippen LogP contribution in [0.2, 0.25) is 0 Å². The minimum atomic E-state index is -4.93. The summed E-state index contributed by atoms with van der Waals surface area (Å²) in [6, 6.07) is 0. The Labute approximate surface area is 88.2 Å². The molecule has 0 spiro atoms. The molecule has 0 saturated heterocycles. The third kappa shape index (κ3) is 5.26. The Morgan fingerprint density at radius 3 is 2.38 bits per heavy atom. The molecular formula is C6H8F3O6P. The molecule has 0 aliphatic carbocycles. The molecule has 0 saturated carbocycles. The van der Waals surface area contributed by atoms with Gasteiger partial charge in [0.1, 0.15) is 5.57 Å². The average Bonchev–Trinajstić information content (AvgIpc) is 2.14. The molecule has 1 N–H and O–H groups in total. The van der Waals surface area contributed by atoms with Crippen LogP contribution in [0.15, 0.2) is 12.2 Å². The van der Waals surface area contributed by atoms with Gasteiger partial charge in [-0.25, -0.2) is 13.9 Å². The zero-order valence-corrected chi connectivity index (χ0v) is 8.88. The van der Waals surface area contributed by atoms with Crippen LogP contribution in [0.25, 0.3) is 0 Å². The summed E-state index contributed by atoms with van der Waals surface area (Å²) < 4.78 is 57.9. The number of phosphoric acid groups is 1. The van der Waals surface area contributed by atoms with Gasteiger partial charge in [-0.1, -0.05) is 6.58 Å². The lowest BCUT2D eigenvalue weighted by Crippen LogP contribution is -2.21. The number of hydrogen-bond acceptors (Lipinski definition) is 5. The summed E-state index contributed by atoms with van der Waals surface area (Å²) in [6.45, 7) is 1.29. The molecule has 6 nitrogen and oxygen atoms in total. The van der Waals surface area contributed by atoms with Crippen LogP contribution < -0.4 is 0 Å². The molecule has 0 rings (SSSR count). The number of carbonyl (C=O) groups is 1. The molecule has 94 valence electrons. The molecule has 1 atom stereocenters. The largest absolute Gasteiger partial charge is 0.474 e. The van der Waals surface area contributed by atoms with Crippen LogP contribution in [0.5, 0.6) is 0 Å². The topological polar surface area (TPSA) is 82.1 Å². The maximum Gasteiger partial charge on any atom is 0.474 e. The number of alkyl halides is 3. The second-order valence-electron chi connectivity index (χ2n) is 2.31. The molecule has 0 aliphatic rings. The molecule has 10 heteroatoms. The van der Waals surface area contributed by atoms with Gasteiger partial charge in [0.2, 0.25) is 6.79 Å². The Morgan fingerprint density at radius 1 is 1.50 bits per heavy atom. The average molecular weight is 264 g/mol. The molecule has 0 aliphatic heterocycles. The Hall–Kier alpha value is -0.890. The highest BCUT2D eigenvalue weighted by Gasteiger charge is 2.38. The van der Waals surface area contributed by atoms with Crippen LogP contribution in [-0.4, -0.2) is 30.9 Å². The molecule has 0 amide bonds. The first-order valence-corrected chi connectivity index (χ1v) is 5.06. The van der Waals surface area contributed by atoms with Crippen molar-refractivity contribution in [3.8, 4) is 0 Å². The van der Waals surface area contributed by atoms with Gasteiger partial charge in [0.15, 0.2) is 0 Å². The predicted molar refractivity (Wildman–Crippen MR) is 44.1 cm³/mol. The molecule has 1 unspecified atom stereocenters. The van der Waals surface area contributed by atoms with E-state index in [1.165, 1.54) is 0 Å². The molecule has 0 heterocycles. The van der Waals surface area contributed by atoms with Crippen molar-refractivity contribution in [2.24, 2.45) is 0 Å². The lowest BCUT2D eigenvalue weighted by Gasteiger charge is -2.11. The van der Waals surface area contributed by atoms with Crippen LogP contribution in [-0.2, 0) is 23.1 Å². The fourth-order valence-corrected chi connectivity index (χ4v) is 0.693. The zero-order chi connectivity index (χ0) is 13.0. The molecule has 0 aromatic rings. The Morgan fingerprint density at radius 2 is 2.00 bits per heavy atom. The van der Waals surface area contributed by atoms with Crippen LogP contribution in [0.1, 0.15) is 0 Å². The summed E-state index contributed by atoms with van der Waals surface area (Å²) in [6.07, 6.45) is -4.93. The standard InChI is InChI=1S/C6H8F3O6P/c1-4(6(7,8)9)5(10)14-3-15-16(11,12)13-2/h1,3H2,2H3,(H,11,12). The second kappa shape index (κ2) is 5.44. The van der Waals surface area contributed by atoms with E-state index in [4.69, 9.17) is 4.89 Å². The van der Waals surface area contributed by atoms with Crippen molar-refractivity contribution < 1.29 is 41.2 Å². The van der Waals surface area contributed by atoms with E-state index >= 15 is 0 Å². The summed E-state index contributed by atoms with van der Waals surface area (Å²) in [7, 11) is -3.56. The quantitative estimate of drug-likeness (QED) is 0.349. The fraction of sp³-hybridized carbons (Fsp3) is 0.500. The van der Waals surface area contributed by atoms with Gasteiger partial charge in [-0.3, -0.25) is 4.52 Å².